The van der Waals surface area contributed by atoms with E-state index in [1.807, 2.05) is 4.90 Å². The fourth-order valence-electron chi connectivity index (χ4n) is 3.61. The van der Waals surface area contributed by atoms with Crippen LogP contribution in [0.4, 0.5) is 5.13 Å². The highest BCUT2D eigenvalue weighted by Gasteiger charge is 2.38. The zero-order valence-electron chi connectivity index (χ0n) is 14.3. The van der Waals surface area contributed by atoms with Crippen molar-refractivity contribution in [1.82, 2.24) is 15.1 Å². The van der Waals surface area contributed by atoms with Crippen LogP contribution in [-0.4, -0.2) is 39.5 Å². The number of rotatable bonds is 7. The third-order valence-corrected chi connectivity index (χ3v) is 5.88. The van der Waals surface area contributed by atoms with E-state index in [1.165, 1.54) is 37.0 Å². The minimum Gasteiger partial charge on any atom is -0.339 e. The summed E-state index contributed by atoms with van der Waals surface area (Å²) in [5.41, 5.74) is 0. The first-order chi connectivity index (χ1) is 11.7. The molecule has 24 heavy (non-hydrogen) atoms. The summed E-state index contributed by atoms with van der Waals surface area (Å²) in [5.74, 6) is -0.231. The zero-order chi connectivity index (χ0) is 16.9. The molecule has 1 unspecified atom stereocenters. The number of unbranched alkanes of at least 4 members (excludes halogenated alkanes) is 2. The van der Waals surface area contributed by atoms with E-state index in [1.54, 1.807) is 0 Å². The first kappa shape index (κ1) is 17.3. The van der Waals surface area contributed by atoms with Crippen molar-refractivity contribution in [2.75, 3.05) is 11.9 Å². The van der Waals surface area contributed by atoms with Gasteiger partial charge in [0.1, 0.15) is 5.01 Å². The van der Waals surface area contributed by atoms with Crippen molar-refractivity contribution in [2.45, 2.75) is 70.8 Å². The van der Waals surface area contributed by atoms with E-state index < -0.39 is 0 Å². The molecule has 2 fully saturated rings. The molecule has 1 aromatic rings. The van der Waals surface area contributed by atoms with Crippen LogP contribution in [0.3, 0.4) is 0 Å². The van der Waals surface area contributed by atoms with Crippen molar-refractivity contribution in [2.24, 2.45) is 5.92 Å². The number of carbonyl (C=O) groups excluding carboxylic acids is 2. The SMILES string of the molecule is CCCCCc1nnc(NC(=O)C2CC(=O)N(C3CCCC3)C2)s1. The third kappa shape index (κ3) is 4.12. The Kier molecular flexibility index (Phi) is 5.81. The van der Waals surface area contributed by atoms with Crippen LogP contribution >= 0.6 is 11.3 Å². The lowest BCUT2D eigenvalue weighted by Crippen LogP contribution is -2.35. The number of aromatic nitrogens is 2. The highest BCUT2D eigenvalue weighted by Crippen LogP contribution is 2.30. The molecule has 2 aliphatic rings. The summed E-state index contributed by atoms with van der Waals surface area (Å²) >= 11 is 1.44. The second kappa shape index (κ2) is 8.05. The number of carbonyl (C=O) groups is 2. The first-order valence-corrected chi connectivity index (χ1v) is 9.91. The molecule has 7 heteroatoms. The summed E-state index contributed by atoms with van der Waals surface area (Å²) in [6.45, 7) is 2.72. The second-order valence-corrected chi connectivity index (χ2v) is 7.89. The molecule has 1 saturated heterocycles. The predicted molar refractivity (Wildman–Crippen MR) is 93.8 cm³/mol. The smallest absolute Gasteiger partial charge is 0.231 e. The molecule has 1 atom stereocenters. The lowest BCUT2D eigenvalue weighted by Gasteiger charge is -2.23. The topological polar surface area (TPSA) is 75.2 Å². The van der Waals surface area contributed by atoms with Crippen LogP contribution < -0.4 is 5.32 Å². The number of aryl methyl sites for hydroxylation is 1. The van der Waals surface area contributed by atoms with Crippen molar-refractivity contribution in [1.29, 1.82) is 0 Å². The highest BCUT2D eigenvalue weighted by atomic mass is 32.1. The Bertz CT molecular complexity index is 583. The van der Waals surface area contributed by atoms with Crippen LogP contribution in [0.1, 0.15) is 63.3 Å². The Morgan fingerprint density at radius 2 is 2.08 bits per heavy atom. The van der Waals surface area contributed by atoms with Crippen LogP contribution in [0.25, 0.3) is 0 Å². The van der Waals surface area contributed by atoms with Gasteiger partial charge < -0.3 is 10.2 Å². The van der Waals surface area contributed by atoms with Gasteiger partial charge in [-0.1, -0.05) is 43.9 Å². The number of nitrogens with one attached hydrogen (secondary N) is 1. The molecule has 2 amide bonds. The quantitative estimate of drug-likeness (QED) is 0.767. The number of likely N-dealkylation sites (tertiary alicyclic amines) is 1. The average Bonchev–Trinajstić information content (AvgIpc) is 3.28. The fourth-order valence-corrected chi connectivity index (χ4v) is 4.40. The van der Waals surface area contributed by atoms with Crippen LogP contribution in [-0.2, 0) is 16.0 Å². The Balaban J connectivity index is 1.51. The molecule has 1 N–H and O–H groups in total. The molecule has 1 aliphatic carbocycles. The molecule has 1 aliphatic heterocycles. The van der Waals surface area contributed by atoms with E-state index in [4.69, 9.17) is 0 Å². The van der Waals surface area contributed by atoms with E-state index in [0.29, 0.717) is 24.1 Å². The monoisotopic (exact) mass is 350 g/mol. The maximum absolute atomic E-state index is 12.4. The van der Waals surface area contributed by atoms with Gasteiger partial charge in [-0.25, -0.2) is 0 Å². The normalized spacial score (nSPS) is 21.6. The number of amides is 2. The number of hydrogen-bond acceptors (Lipinski definition) is 5. The molecule has 0 radical (unpaired) electrons. The van der Waals surface area contributed by atoms with Gasteiger partial charge in [0.2, 0.25) is 16.9 Å². The Morgan fingerprint density at radius 1 is 1.29 bits per heavy atom. The van der Waals surface area contributed by atoms with Gasteiger partial charge in [0.15, 0.2) is 0 Å². The maximum Gasteiger partial charge on any atom is 0.231 e. The van der Waals surface area contributed by atoms with Gasteiger partial charge in [0, 0.05) is 25.4 Å². The van der Waals surface area contributed by atoms with Crippen LogP contribution in [0, 0.1) is 5.92 Å². The van der Waals surface area contributed by atoms with Crippen molar-refractivity contribution >= 4 is 28.3 Å². The van der Waals surface area contributed by atoms with Crippen LogP contribution in [0.2, 0.25) is 0 Å². The van der Waals surface area contributed by atoms with Crippen molar-refractivity contribution < 1.29 is 9.59 Å². The van der Waals surface area contributed by atoms with Gasteiger partial charge in [-0.3, -0.25) is 9.59 Å². The molecular weight excluding hydrogens is 324 g/mol. The second-order valence-electron chi connectivity index (χ2n) is 6.83. The highest BCUT2D eigenvalue weighted by molar-refractivity contribution is 7.15. The predicted octanol–water partition coefficient (Wildman–Crippen LogP) is 3.00. The van der Waals surface area contributed by atoms with Crippen molar-refractivity contribution in [3.63, 3.8) is 0 Å². The van der Waals surface area contributed by atoms with E-state index >= 15 is 0 Å². The lowest BCUT2D eigenvalue weighted by molar-refractivity contribution is -0.129. The Hall–Kier alpha value is -1.50. The molecule has 0 spiro atoms. The Labute approximate surface area is 147 Å². The van der Waals surface area contributed by atoms with Gasteiger partial charge in [0.25, 0.3) is 0 Å². The molecule has 2 heterocycles. The molecule has 6 nitrogen and oxygen atoms in total. The number of nitrogens with zero attached hydrogens (tertiary/aromatic N) is 3. The van der Waals surface area contributed by atoms with E-state index in [9.17, 15) is 9.59 Å². The Morgan fingerprint density at radius 3 is 2.83 bits per heavy atom. The van der Waals surface area contributed by atoms with Gasteiger partial charge in [0.05, 0.1) is 5.92 Å². The summed E-state index contributed by atoms with van der Waals surface area (Å²) in [6, 6.07) is 0.349. The van der Waals surface area contributed by atoms with Gasteiger partial charge in [-0.05, 0) is 19.3 Å². The molecule has 1 saturated carbocycles. The summed E-state index contributed by atoms with van der Waals surface area (Å²) in [5, 5.41) is 12.6. The molecule has 0 aromatic carbocycles. The van der Waals surface area contributed by atoms with E-state index in [2.05, 4.69) is 22.4 Å². The number of hydrogen-bond donors (Lipinski definition) is 1. The van der Waals surface area contributed by atoms with E-state index in [-0.39, 0.29) is 17.7 Å². The number of anilines is 1. The molecule has 0 bridgehead atoms. The van der Waals surface area contributed by atoms with Gasteiger partial charge in [-0.15, -0.1) is 10.2 Å². The lowest BCUT2D eigenvalue weighted by atomic mass is 10.1. The first-order valence-electron chi connectivity index (χ1n) is 9.10. The maximum atomic E-state index is 12.4. The van der Waals surface area contributed by atoms with Gasteiger partial charge >= 0.3 is 0 Å². The van der Waals surface area contributed by atoms with Gasteiger partial charge in [-0.2, -0.15) is 0 Å². The average molecular weight is 350 g/mol. The summed E-state index contributed by atoms with van der Waals surface area (Å²) in [6.07, 6.45) is 9.25. The van der Waals surface area contributed by atoms with Crippen LogP contribution in [0.15, 0.2) is 0 Å². The zero-order valence-corrected chi connectivity index (χ0v) is 15.1. The van der Waals surface area contributed by atoms with Crippen molar-refractivity contribution in [3.05, 3.63) is 5.01 Å². The largest absolute Gasteiger partial charge is 0.339 e. The molecule has 3 rings (SSSR count). The summed E-state index contributed by atoms with van der Waals surface area (Å²) in [4.78, 5) is 26.6. The fraction of sp³-hybridized carbons (Fsp3) is 0.765. The standard InChI is InChI=1S/C17H26N4O2S/c1-2-3-4-9-14-19-20-17(24-14)18-16(23)12-10-15(22)21(11-12)13-7-5-6-8-13/h12-13H,2-11H2,1H3,(H,18,20,23). The third-order valence-electron chi connectivity index (χ3n) is 4.99. The minimum absolute atomic E-state index is 0.0971. The summed E-state index contributed by atoms with van der Waals surface area (Å²) < 4.78 is 0. The van der Waals surface area contributed by atoms with Crippen molar-refractivity contribution in [3.8, 4) is 0 Å². The summed E-state index contributed by atoms with van der Waals surface area (Å²) in [7, 11) is 0. The molecular formula is C17H26N4O2S. The molecule has 132 valence electrons. The molecule has 1 aromatic heterocycles. The van der Waals surface area contributed by atoms with E-state index in [0.717, 1.165) is 30.7 Å². The minimum atomic E-state index is -0.259. The van der Waals surface area contributed by atoms with Crippen LogP contribution in [0.5, 0.6) is 0 Å².